The van der Waals surface area contributed by atoms with E-state index in [1.807, 2.05) is 0 Å². The lowest BCUT2D eigenvalue weighted by Gasteiger charge is -2.08. The maximum Gasteiger partial charge on any atom is 0.239 e. The van der Waals surface area contributed by atoms with Gasteiger partial charge in [-0.25, -0.2) is 10.8 Å². The Hall–Kier alpha value is -0.920. The molecule has 0 saturated carbocycles. The number of halogens is 1. The van der Waals surface area contributed by atoms with E-state index in [9.17, 15) is 0 Å². The van der Waals surface area contributed by atoms with Gasteiger partial charge in [0.15, 0.2) is 0 Å². The van der Waals surface area contributed by atoms with Crippen LogP contribution in [0.25, 0.3) is 0 Å². The summed E-state index contributed by atoms with van der Waals surface area (Å²) in [4.78, 5) is 8.14. The summed E-state index contributed by atoms with van der Waals surface area (Å²) in [6, 6.07) is 0. The van der Waals surface area contributed by atoms with Crippen molar-refractivity contribution in [1.82, 2.24) is 9.97 Å². The molecular formula is C10H18BrN5O. The first-order valence-corrected chi connectivity index (χ1v) is 6.41. The van der Waals surface area contributed by atoms with E-state index in [1.165, 1.54) is 0 Å². The lowest BCUT2D eigenvalue weighted by molar-refractivity contribution is 0.283. The number of aromatic nitrogens is 2. The molecule has 1 heterocycles. The van der Waals surface area contributed by atoms with Crippen LogP contribution in [0.5, 0.6) is 0 Å². The molecule has 0 fully saturated rings. The number of rotatable bonds is 8. The summed E-state index contributed by atoms with van der Waals surface area (Å²) in [5.74, 6) is 6.35. The summed E-state index contributed by atoms with van der Waals surface area (Å²) in [5.41, 5.74) is 2.40. The molecule has 0 radical (unpaired) electrons. The molecule has 0 aliphatic heterocycles. The molecule has 0 aliphatic rings. The minimum Gasteiger partial charge on any atom is -0.396 e. The van der Waals surface area contributed by atoms with Gasteiger partial charge in [-0.1, -0.05) is 12.8 Å². The third kappa shape index (κ3) is 5.29. The average molecular weight is 304 g/mol. The number of aliphatic hydroxyl groups is 1. The quantitative estimate of drug-likeness (QED) is 0.330. The van der Waals surface area contributed by atoms with E-state index in [2.05, 4.69) is 36.6 Å². The third-order valence-corrected chi connectivity index (χ3v) is 2.83. The van der Waals surface area contributed by atoms with Crippen molar-refractivity contribution >= 4 is 27.7 Å². The van der Waals surface area contributed by atoms with E-state index >= 15 is 0 Å². The highest BCUT2D eigenvalue weighted by molar-refractivity contribution is 9.10. The normalized spacial score (nSPS) is 10.3. The minimum absolute atomic E-state index is 0.274. The van der Waals surface area contributed by atoms with Crippen molar-refractivity contribution in [2.24, 2.45) is 5.84 Å². The molecule has 0 bridgehead atoms. The van der Waals surface area contributed by atoms with Gasteiger partial charge in [-0.3, -0.25) is 5.43 Å². The smallest absolute Gasteiger partial charge is 0.239 e. The first-order valence-electron chi connectivity index (χ1n) is 5.62. The second-order valence-corrected chi connectivity index (χ2v) is 4.45. The zero-order chi connectivity index (χ0) is 12.5. The van der Waals surface area contributed by atoms with Crippen molar-refractivity contribution in [3.63, 3.8) is 0 Å². The van der Waals surface area contributed by atoms with Crippen LogP contribution >= 0.6 is 15.9 Å². The highest BCUT2D eigenvalue weighted by Gasteiger charge is 2.03. The minimum atomic E-state index is 0.274. The average Bonchev–Trinajstić information content (AvgIpc) is 2.35. The number of aliphatic hydroxyl groups excluding tert-OH is 1. The van der Waals surface area contributed by atoms with Gasteiger partial charge in [-0.2, -0.15) is 4.98 Å². The van der Waals surface area contributed by atoms with Crippen molar-refractivity contribution in [2.75, 3.05) is 23.9 Å². The number of hydrogen-bond acceptors (Lipinski definition) is 6. The molecule has 1 aromatic rings. The number of unbranched alkanes of at least 4 members (excludes halogenated alkanes) is 3. The molecule has 0 aliphatic carbocycles. The molecule has 6 nitrogen and oxygen atoms in total. The fraction of sp³-hybridized carbons (Fsp3) is 0.600. The van der Waals surface area contributed by atoms with Crippen LogP contribution in [0.3, 0.4) is 0 Å². The molecule has 5 N–H and O–H groups in total. The van der Waals surface area contributed by atoms with Gasteiger partial charge in [-0.05, 0) is 28.8 Å². The number of anilines is 2. The molecular weight excluding hydrogens is 286 g/mol. The summed E-state index contributed by atoms with van der Waals surface area (Å²) in [6.07, 6.45) is 5.72. The summed E-state index contributed by atoms with van der Waals surface area (Å²) in [6.45, 7) is 1.11. The highest BCUT2D eigenvalue weighted by Crippen LogP contribution is 2.19. The molecule has 1 aromatic heterocycles. The van der Waals surface area contributed by atoms with Crippen LogP contribution in [0.4, 0.5) is 11.8 Å². The van der Waals surface area contributed by atoms with Crippen molar-refractivity contribution in [1.29, 1.82) is 0 Å². The zero-order valence-corrected chi connectivity index (χ0v) is 11.2. The molecule has 0 atom stereocenters. The Morgan fingerprint density at radius 1 is 1.29 bits per heavy atom. The number of nitrogens with two attached hydrogens (primary N) is 1. The molecule has 7 heteroatoms. The van der Waals surface area contributed by atoms with E-state index in [-0.39, 0.29) is 6.61 Å². The molecule has 0 spiro atoms. The second kappa shape index (κ2) is 8.21. The van der Waals surface area contributed by atoms with Crippen LogP contribution in [0.1, 0.15) is 25.7 Å². The Kier molecular flexibility index (Phi) is 6.83. The van der Waals surface area contributed by atoms with Crippen LogP contribution in [0, 0.1) is 0 Å². The van der Waals surface area contributed by atoms with Gasteiger partial charge in [0, 0.05) is 19.3 Å². The Morgan fingerprint density at radius 3 is 2.76 bits per heavy atom. The third-order valence-electron chi connectivity index (χ3n) is 2.25. The fourth-order valence-corrected chi connectivity index (χ4v) is 1.69. The number of nitrogens with zero attached hydrogens (tertiary/aromatic N) is 2. The van der Waals surface area contributed by atoms with Crippen LogP contribution < -0.4 is 16.6 Å². The van der Waals surface area contributed by atoms with Gasteiger partial charge in [0.1, 0.15) is 5.82 Å². The summed E-state index contributed by atoms with van der Waals surface area (Å²) >= 11 is 3.36. The number of nitrogen functional groups attached to an aromatic ring is 1. The molecule has 0 unspecified atom stereocenters. The van der Waals surface area contributed by atoms with Crippen LogP contribution in [-0.2, 0) is 0 Å². The molecule has 96 valence electrons. The van der Waals surface area contributed by atoms with Gasteiger partial charge >= 0.3 is 0 Å². The lowest BCUT2D eigenvalue weighted by atomic mass is 10.2. The maximum atomic E-state index is 8.64. The van der Waals surface area contributed by atoms with Crippen molar-refractivity contribution in [3.05, 3.63) is 10.7 Å². The predicted molar refractivity (Wildman–Crippen MR) is 71.6 cm³/mol. The standard InChI is InChI=1S/C10H18BrN5O/c11-8-7-14-10(16-12)15-9(8)13-5-3-1-2-4-6-17/h7,17H,1-6,12H2,(H2,13,14,15,16). The Balaban J connectivity index is 2.30. The van der Waals surface area contributed by atoms with Crippen molar-refractivity contribution < 1.29 is 5.11 Å². The van der Waals surface area contributed by atoms with Crippen LogP contribution in [-0.4, -0.2) is 28.2 Å². The number of nitrogens with one attached hydrogen (secondary N) is 2. The van der Waals surface area contributed by atoms with E-state index in [4.69, 9.17) is 10.9 Å². The Morgan fingerprint density at radius 2 is 2.06 bits per heavy atom. The molecule has 1 rings (SSSR count). The van der Waals surface area contributed by atoms with Gasteiger partial charge in [-0.15, -0.1) is 0 Å². The molecule has 0 aromatic carbocycles. The van der Waals surface area contributed by atoms with E-state index in [0.717, 1.165) is 42.5 Å². The van der Waals surface area contributed by atoms with E-state index in [0.29, 0.717) is 5.95 Å². The zero-order valence-electron chi connectivity index (χ0n) is 9.62. The number of hydrogen-bond donors (Lipinski definition) is 4. The SMILES string of the molecule is NNc1ncc(Br)c(NCCCCCCO)n1. The predicted octanol–water partition coefficient (Wildman–Crippen LogP) is 1.49. The topological polar surface area (TPSA) is 96.1 Å². The molecule has 17 heavy (non-hydrogen) atoms. The van der Waals surface area contributed by atoms with E-state index in [1.54, 1.807) is 6.20 Å². The van der Waals surface area contributed by atoms with Gasteiger partial charge in [0.25, 0.3) is 0 Å². The van der Waals surface area contributed by atoms with Gasteiger partial charge in [0.2, 0.25) is 5.95 Å². The van der Waals surface area contributed by atoms with Crippen molar-refractivity contribution in [2.45, 2.75) is 25.7 Å². The van der Waals surface area contributed by atoms with Crippen molar-refractivity contribution in [3.8, 4) is 0 Å². The molecule has 0 amide bonds. The Labute approximate surface area is 109 Å². The largest absolute Gasteiger partial charge is 0.396 e. The molecule has 0 saturated heterocycles. The lowest BCUT2D eigenvalue weighted by Crippen LogP contribution is -2.12. The first-order chi connectivity index (χ1) is 8.27. The first kappa shape index (κ1) is 14.1. The van der Waals surface area contributed by atoms with Crippen LogP contribution in [0.15, 0.2) is 10.7 Å². The van der Waals surface area contributed by atoms with Gasteiger partial charge in [0.05, 0.1) is 4.47 Å². The fourth-order valence-electron chi connectivity index (χ4n) is 1.36. The van der Waals surface area contributed by atoms with Crippen LogP contribution in [0.2, 0.25) is 0 Å². The number of hydrazine groups is 1. The summed E-state index contributed by atoms with van der Waals surface area (Å²) < 4.78 is 0.812. The monoisotopic (exact) mass is 303 g/mol. The second-order valence-electron chi connectivity index (χ2n) is 3.60. The van der Waals surface area contributed by atoms with Gasteiger partial charge < -0.3 is 10.4 Å². The Bertz CT molecular complexity index is 336. The maximum absolute atomic E-state index is 8.64. The summed E-state index contributed by atoms with van der Waals surface area (Å²) in [7, 11) is 0. The summed E-state index contributed by atoms with van der Waals surface area (Å²) in [5, 5.41) is 11.8. The van der Waals surface area contributed by atoms with E-state index < -0.39 is 0 Å². The highest BCUT2D eigenvalue weighted by atomic mass is 79.9.